The van der Waals surface area contributed by atoms with E-state index >= 15 is 0 Å². The molecular formula is C19H35IN6. The molecule has 2 rings (SSSR count). The number of anilines is 1. The van der Waals surface area contributed by atoms with Crippen LogP contribution >= 0.6 is 24.0 Å². The predicted octanol–water partition coefficient (Wildman–Crippen LogP) is 2.70. The third-order valence-electron chi connectivity index (χ3n) is 4.21. The van der Waals surface area contributed by atoms with Crippen molar-refractivity contribution in [3.63, 3.8) is 0 Å². The van der Waals surface area contributed by atoms with Crippen LogP contribution in [0.2, 0.25) is 0 Å². The molecule has 2 heterocycles. The van der Waals surface area contributed by atoms with Gasteiger partial charge >= 0.3 is 0 Å². The van der Waals surface area contributed by atoms with E-state index in [1.807, 2.05) is 6.20 Å². The number of nitrogens with one attached hydrogen (secondary N) is 2. The summed E-state index contributed by atoms with van der Waals surface area (Å²) >= 11 is 0. The van der Waals surface area contributed by atoms with Crippen LogP contribution in [0.3, 0.4) is 0 Å². The number of hydrogen-bond acceptors (Lipinski definition) is 4. The standard InChI is InChI=1S/C19H34N6.HI/c1-6-20-18(23-19(3,4)5)22-15-16-8-9-21-17(14-16)25-12-10-24(7-2)11-13-25;/h8-9,14H,6-7,10-13,15H2,1-5H3,(H2,20,22,23);1H. The van der Waals surface area contributed by atoms with E-state index in [0.717, 1.165) is 51.0 Å². The van der Waals surface area contributed by atoms with Crippen molar-refractivity contribution in [3.05, 3.63) is 23.9 Å². The van der Waals surface area contributed by atoms with E-state index in [4.69, 9.17) is 4.99 Å². The molecule has 0 saturated carbocycles. The summed E-state index contributed by atoms with van der Waals surface area (Å²) in [6, 6.07) is 4.22. The Morgan fingerprint density at radius 1 is 1.19 bits per heavy atom. The molecule has 6 nitrogen and oxygen atoms in total. The first-order valence-electron chi connectivity index (χ1n) is 9.40. The van der Waals surface area contributed by atoms with Crippen LogP contribution in [0.4, 0.5) is 5.82 Å². The highest BCUT2D eigenvalue weighted by molar-refractivity contribution is 14.0. The second-order valence-corrected chi connectivity index (χ2v) is 7.51. The molecule has 0 bridgehead atoms. The quantitative estimate of drug-likeness (QED) is 0.391. The van der Waals surface area contributed by atoms with Gasteiger partial charge in [0.2, 0.25) is 0 Å². The molecule has 0 atom stereocenters. The highest BCUT2D eigenvalue weighted by atomic mass is 127. The molecule has 0 radical (unpaired) electrons. The number of aliphatic imine (C=N–C) groups is 1. The van der Waals surface area contributed by atoms with E-state index in [9.17, 15) is 0 Å². The number of pyridine rings is 1. The zero-order chi connectivity index (χ0) is 18.3. The summed E-state index contributed by atoms with van der Waals surface area (Å²) < 4.78 is 0. The number of nitrogens with zero attached hydrogens (tertiary/aromatic N) is 4. The minimum atomic E-state index is -0.0106. The molecule has 2 N–H and O–H groups in total. The second kappa shape index (κ2) is 10.9. The van der Waals surface area contributed by atoms with Crippen LogP contribution in [-0.4, -0.2) is 60.7 Å². The number of aromatic nitrogens is 1. The topological polar surface area (TPSA) is 55.8 Å². The van der Waals surface area contributed by atoms with Gasteiger partial charge in [-0.3, -0.25) is 0 Å². The van der Waals surface area contributed by atoms with Crippen LogP contribution < -0.4 is 15.5 Å². The van der Waals surface area contributed by atoms with Crippen molar-refractivity contribution in [3.8, 4) is 0 Å². The zero-order valence-corrected chi connectivity index (χ0v) is 19.2. The third kappa shape index (κ3) is 7.65. The summed E-state index contributed by atoms with van der Waals surface area (Å²) in [6.45, 7) is 17.7. The Balaban J connectivity index is 0.00000338. The van der Waals surface area contributed by atoms with Gasteiger partial charge in [-0.15, -0.1) is 24.0 Å². The molecule has 7 heteroatoms. The molecule has 0 amide bonds. The van der Waals surface area contributed by atoms with Crippen LogP contribution in [0.25, 0.3) is 0 Å². The Hall–Kier alpha value is -1.09. The maximum absolute atomic E-state index is 4.72. The fraction of sp³-hybridized carbons (Fsp3) is 0.684. The van der Waals surface area contributed by atoms with Crippen LogP contribution in [0.15, 0.2) is 23.3 Å². The Kier molecular flexibility index (Phi) is 9.63. The lowest BCUT2D eigenvalue weighted by Crippen LogP contribution is -2.47. The summed E-state index contributed by atoms with van der Waals surface area (Å²) in [5.74, 6) is 1.92. The average molecular weight is 474 g/mol. The third-order valence-corrected chi connectivity index (χ3v) is 4.21. The molecule has 0 aliphatic carbocycles. The summed E-state index contributed by atoms with van der Waals surface area (Å²) in [6.07, 6.45) is 1.90. The van der Waals surface area contributed by atoms with Crippen molar-refractivity contribution in [2.75, 3.05) is 44.2 Å². The highest BCUT2D eigenvalue weighted by Gasteiger charge is 2.17. The minimum absolute atomic E-state index is 0. The monoisotopic (exact) mass is 474 g/mol. The first kappa shape index (κ1) is 23.0. The SMILES string of the molecule is CCNC(=NCc1ccnc(N2CCN(CC)CC2)c1)NC(C)(C)C.I. The van der Waals surface area contributed by atoms with E-state index in [2.05, 4.69) is 72.2 Å². The second-order valence-electron chi connectivity index (χ2n) is 7.51. The van der Waals surface area contributed by atoms with Gasteiger partial charge < -0.3 is 20.4 Å². The van der Waals surface area contributed by atoms with Crippen molar-refractivity contribution < 1.29 is 0 Å². The number of halogens is 1. The Morgan fingerprint density at radius 3 is 2.46 bits per heavy atom. The lowest BCUT2D eigenvalue weighted by molar-refractivity contribution is 0.270. The Bertz CT molecular complexity index is 561. The lowest BCUT2D eigenvalue weighted by atomic mass is 10.1. The number of likely N-dealkylation sites (N-methyl/N-ethyl adjacent to an activating group) is 1. The smallest absolute Gasteiger partial charge is 0.191 e. The van der Waals surface area contributed by atoms with Gasteiger partial charge in [-0.05, 0) is 51.9 Å². The average Bonchev–Trinajstić information content (AvgIpc) is 2.59. The normalized spacial score (nSPS) is 16.2. The molecule has 26 heavy (non-hydrogen) atoms. The number of rotatable bonds is 5. The van der Waals surface area contributed by atoms with E-state index in [0.29, 0.717) is 6.54 Å². The van der Waals surface area contributed by atoms with Crippen molar-refractivity contribution in [1.82, 2.24) is 20.5 Å². The summed E-state index contributed by atoms with van der Waals surface area (Å²) in [4.78, 5) is 14.1. The molecule has 1 aromatic heterocycles. The van der Waals surface area contributed by atoms with Gasteiger partial charge in [0.25, 0.3) is 0 Å². The van der Waals surface area contributed by atoms with Crippen LogP contribution in [0.5, 0.6) is 0 Å². The van der Waals surface area contributed by atoms with Gasteiger partial charge in [-0.1, -0.05) is 6.92 Å². The first-order valence-corrected chi connectivity index (χ1v) is 9.40. The molecule has 148 valence electrons. The summed E-state index contributed by atoms with van der Waals surface area (Å²) in [5, 5.41) is 6.73. The van der Waals surface area contributed by atoms with Gasteiger partial charge in [-0.25, -0.2) is 9.98 Å². The molecule has 1 saturated heterocycles. The van der Waals surface area contributed by atoms with Crippen LogP contribution in [-0.2, 0) is 6.54 Å². The number of piperazine rings is 1. The van der Waals surface area contributed by atoms with E-state index < -0.39 is 0 Å². The minimum Gasteiger partial charge on any atom is -0.357 e. The van der Waals surface area contributed by atoms with Gasteiger partial charge in [0.15, 0.2) is 5.96 Å². The van der Waals surface area contributed by atoms with Gasteiger partial charge in [-0.2, -0.15) is 0 Å². The molecule has 0 aromatic carbocycles. The maximum atomic E-state index is 4.72. The van der Waals surface area contributed by atoms with Crippen molar-refractivity contribution in [1.29, 1.82) is 0 Å². The first-order chi connectivity index (χ1) is 11.9. The Morgan fingerprint density at radius 2 is 1.88 bits per heavy atom. The fourth-order valence-electron chi connectivity index (χ4n) is 2.86. The van der Waals surface area contributed by atoms with E-state index in [1.54, 1.807) is 0 Å². The summed E-state index contributed by atoms with van der Waals surface area (Å²) in [5.41, 5.74) is 1.18. The maximum Gasteiger partial charge on any atom is 0.191 e. The van der Waals surface area contributed by atoms with E-state index in [-0.39, 0.29) is 29.5 Å². The predicted molar refractivity (Wildman–Crippen MR) is 122 cm³/mol. The lowest BCUT2D eigenvalue weighted by Gasteiger charge is -2.34. The number of hydrogen-bond donors (Lipinski definition) is 2. The van der Waals surface area contributed by atoms with Crippen molar-refractivity contribution in [2.24, 2.45) is 4.99 Å². The van der Waals surface area contributed by atoms with Crippen LogP contribution in [0.1, 0.15) is 40.2 Å². The molecular weight excluding hydrogens is 439 g/mol. The van der Waals surface area contributed by atoms with Gasteiger partial charge in [0.1, 0.15) is 5.82 Å². The highest BCUT2D eigenvalue weighted by Crippen LogP contribution is 2.15. The zero-order valence-electron chi connectivity index (χ0n) is 16.9. The Labute approximate surface area is 175 Å². The molecule has 1 aliphatic rings. The van der Waals surface area contributed by atoms with Crippen molar-refractivity contribution in [2.45, 2.75) is 46.7 Å². The largest absolute Gasteiger partial charge is 0.357 e. The van der Waals surface area contributed by atoms with Crippen molar-refractivity contribution >= 4 is 35.8 Å². The molecule has 0 spiro atoms. The molecule has 1 aromatic rings. The van der Waals surface area contributed by atoms with Crippen LogP contribution in [0, 0.1) is 0 Å². The van der Waals surface area contributed by atoms with E-state index in [1.165, 1.54) is 5.56 Å². The van der Waals surface area contributed by atoms with Gasteiger partial charge in [0, 0.05) is 44.5 Å². The summed E-state index contributed by atoms with van der Waals surface area (Å²) in [7, 11) is 0. The number of guanidine groups is 1. The fourth-order valence-corrected chi connectivity index (χ4v) is 2.86. The molecule has 0 unspecified atom stereocenters. The van der Waals surface area contributed by atoms with Gasteiger partial charge in [0.05, 0.1) is 6.54 Å². The molecule has 1 fully saturated rings. The molecule has 1 aliphatic heterocycles.